The highest BCUT2D eigenvalue weighted by molar-refractivity contribution is 6.10. The molecule has 1 aliphatic heterocycles. The van der Waals surface area contributed by atoms with Gasteiger partial charge in [0.1, 0.15) is 0 Å². The molecule has 0 bridgehead atoms. The van der Waals surface area contributed by atoms with Crippen molar-refractivity contribution in [1.29, 1.82) is 0 Å². The number of fused-ring (bicyclic) bond motifs is 5. The van der Waals surface area contributed by atoms with E-state index in [0.717, 1.165) is 57.2 Å². The first kappa shape index (κ1) is 22.0. The van der Waals surface area contributed by atoms with Crippen molar-refractivity contribution in [2.75, 3.05) is 13.7 Å². The Morgan fingerprint density at radius 3 is 2.89 bits per heavy atom. The smallest absolute Gasteiger partial charge is 0.228 e. The number of carbonyl (C=O) groups is 1. The van der Waals surface area contributed by atoms with Crippen molar-refractivity contribution in [3.63, 3.8) is 0 Å². The lowest BCUT2D eigenvalue weighted by Gasteiger charge is -2.32. The summed E-state index contributed by atoms with van der Waals surface area (Å²) in [5, 5.41) is 12.6. The van der Waals surface area contributed by atoms with Gasteiger partial charge in [0.25, 0.3) is 0 Å². The van der Waals surface area contributed by atoms with Crippen LogP contribution in [0.25, 0.3) is 21.8 Å². The third-order valence-corrected chi connectivity index (χ3v) is 7.58. The van der Waals surface area contributed by atoms with Crippen LogP contribution in [0.1, 0.15) is 41.8 Å². The molecule has 1 amide bonds. The molecule has 0 radical (unpaired) electrons. The Kier molecular flexibility index (Phi) is 5.44. The van der Waals surface area contributed by atoms with Crippen molar-refractivity contribution in [3.05, 3.63) is 70.8 Å². The minimum absolute atomic E-state index is 0.0280. The van der Waals surface area contributed by atoms with Crippen LogP contribution in [0.15, 0.2) is 42.5 Å². The number of rotatable bonds is 4. The van der Waals surface area contributed by atoms with Gasteiger partial charge in [0.05, 0.1) is 42.6 Å². The van der Waals surface area contributed by atoms with E-state index < -0.39 is 11.9 Å². The number of carbonyl (C=O) groups excluding carboxylic acids is 1. The molecule has 1 aliphatic carbocycles. The number of nitrogens with one attached hydrogen (secondary N) is 1. The molecule has 2 aliphatic rings. The molecule has 2 aromatic carbocycles. The first-order valence-corrected chi connectivity index (χ1v) is 12.2. The number of methoxy groups -OCH3 is 1. The van der Waals surface area contributed by atoms with E-state index in [9.17, 15) is 14.3 Å². The average Bonchev–Trinajstić information content (AvgIpc) is 3.47. The summed E-state index contributed by atoms with van der Waals surface area (Å²) < 4.78 is 19.5. The van der Waals surface area contributed by atoms with Crippen LogP contribution in [0.5, 0.6) is 5.75 Å². The molecule has 1 fully saturated rings. The number of aromatic nitrogens is 2. The highest BCUT2D eigenvalue weighted by Gasteiger charge is 2.36. The molecule has 7 heteroatoms. The van der Waals surface area contributed by atoms with Crippen molar-refractivity contribution in [2.45, 2.75) is 44.8 Å². The van der Waals surface area contributed by atoms with E-state index >= 15 is 0 Å². The number of halogens is 1. The molecular weight excluding hydrogens is 445 g/mol. The fourth-order valence-electron chi connectivity index (χ4n) is 5.80. The first-order valence-electron chi connectivity index (χ1n) is 12.2. The van der Waals surface area contributed by atoms with Gasteiger partial charge >= 0.3 is 0 Å². The van der Waals surface area contributed by atoms with Gasteiger partial charge in [-0.15, -0.1) is 0 Å². The number of aliphatic hydroxyl groups is 1. The predicted octanol–water partition coefficient (Wildman–Crippen LogP) is 4.50. The second-order valence-electron chi connectivity index (χ2n) is 9.66. The van der Waals surface area contributed by atoms with Gasteiger partial charge in [-0.1, -0.05) is 24.3 Å². The molecule has 2 aromatic heterocycles. The zero-order valence-corrected chi connectivity index (χ0v) is 19.7. The number of H-pyrrole nitrogens is 1. The van der Waals surface area contributed by atoms with Crippen LogP contribution < -0.4 is 4.74 Å². The summed E-state index contributed by atoms with van der Waals surface area (Å²) in [7, 11) is 1.45. The Bertz CT molecular complexity index is 1450. The van der Waals surface area contributed by atoms with Crippen molar-refractivity contribution >= 4 is 27.7 Å². The molecule has 6 nitrogen and oxygen atoms in total. The fraction of sp³-hybridized carbons (Fsp3) is 0.357. The van der Waals surface area contributed by atoms with Crippen LogP contribution in [-0.4, -0.2) is 45.6 Å². The lowest BCUT2D eigenvalue weighted by atomic mass is 9.95. The van der Waals surface area contributed by atoms with Crippen molar-refractivity contribution < 1.29 is 19.0 Å². The zero-order chi connectivity index (χ0) is 24.1. The van der Waals surface area contributed by atoms with Crippen LogP contribution in [0.3, 0.4) is 0 Å². The summed E-state index contributed by atoms with van der Waals surface area (Å²) >= 11 is 0. The third kappa shape index (κ3) is 3.74. The Balaban J connectivity index is 1.44. The van der Waals surface area contributed by atoms with Gasteiger partial charge < -0.3 is 19.7 Å². The second-order valence-corrected chi connectivity index (χ2v) is 9.66. The van der Waals surface area contributed by atoms with Crippen molar-refractivity contribution in [1.82, 2.24) is 14.9 Å². The van der Waals surface area contributed by atoms with Crippen LogP contribution in [0.2, 0.25) is 0 Å². The number of ether oxygens (including phenoxy) is 1. The summed E-state index contributed by atoms with van der Waals surface area (Å²) in [6.45, 7) is 1.05. The van der Waals surface area contributed by atoms with Crippen molar-refractivity contribution in [3.8, 4) is 5.75 Å². The molecule has 3 heterocycles. The molecule has 6 rings (SSSR count). The number of para-hydroxylation sites is 1. The number of aliphatic hydroxyl groups excluding tert-OH is 1. The van der Waals surface area contributed by atoms with Gasteiger partial charge in [-0.3, -0.25) is 9.78 Å². The Morgan fingerprint density at radius 2 is 2.11 bits per heavy atom. The van der Waals surface area contributed by atoms with Gasteiger partial charge in [0.2, 0.25) is 5.91 Å². The van der Waals surface area contributed by atoms with E-state index in [1.165, 1.54) is 13.2 Å². The predicted molar refractivity (Wildman–Crippen MR) is 132 cm³/mol. The van der Waals surface area contributed by atoms with E-state index in [1.54, 1.807) is 6.07 Å². The topological polar surface area (TPSA) is 78.5 Å². The molecule has 2 atom stereocenters. The van der Waals surface area contributed by atoms with E-state index in [4.69, 9.17) is 9.72 Å². The first-order chi connectivity index (χ1) is 17.0. The standard InChI is InChI=1S/C28H28FN3O3/c1-35-25-10-9-16(13-20(25)29)14-22-27-26(17-5-2-3-7-21(17)31-27)18-11-12-32(15-23(18)30-22)28(34)19-6-4-8-24(19)33/h2-3,5,7,9-10,13,19,24,31,33H,4,6,8,11-12,14-15H2,1H3/t19-,24+/m1/s1. The zero-order valence-electron chi connectivity index (χ0n) is 19.7. The highest BCUT2D eigenvalue weighted by Crippen LogP contribution is 2.36. The summed E-state index contributed by atoms with van der Waals surface area (Å²) in [4.78, 5) is 23.6. The highest BCUT2D eigenvalue weighted by atomic mass is 19.1. The lowest BCUT2D eigenvalue weighted by molar-refractivity contribution is -0.139. The number of pyridine rings is 1. The molecule has 0 unspecified atom stereocenters. The van der Waals surface area contributed by atoms with Crippen LogP contribution in [0, 0.1) is 11.7 Å². The lowest BCUT2D eigenvalue weighted by Crippen LogP contribution is -2.42. The van der Waals surface area contributed by atoms with E-state index in [0.29, 0.717) is 32.4 Å². The minimum atomic E-state index is -0.548. The monoisotopic (exact) mass is 473 g/mol. The Hall–Kier alpha value is -3.45. The van der Waals surface area contributed by atoms with E-state index in [1.807, 2.05) is 23.1 Å². The van der Waals surface area contributed by atoms with Crippen LogP contribution >= 0.6 is 0 Å². The van der Waals surface area contributed by atoms with Gasteiger partial charge in [-0.25, -0.2) is 4.39 Å². The molecule has 35 heavy (non-hydrogen) atoms. The largest absolute Gasteiger partial charge is 0.494 e. The van der Waals surface area contributed by atoms with Crippen LogP contribution in [0.4, 0.5) is 4.39 Å². The number of hydrogen-bond acceptors (Lipinski definition) is 4. The quantitative estimate of drug-likeness (QED) is 0.458. The van der Waals surface area contributed by atoms with Gasteiger partial charge in [0, 0.05) is 29.3 Å². The number of benzene rings is 2. The molecule has 1 saturated carbocycles. The van der Waals surface area contributed by atoms with Gasteiger partial charge in [0.15, 0.2) is 11.6 Å². The fourth-order valence-corrected chi connectivity index (χ4v) is 5.80. The molecule has 4 aromatic rings. The van der Waals surface area contributed by atoms with Crippen molar-refractivity contribution in [2.24, 2.45) is 5.92 Å². The number of amides is 1. The number of aromatic amines is 1. The summed E-state index contributed by atoms with van der Waals surface area (Å²) in [5.41, 5.74) is 5.68. The minimum Gasteiger partial charge on any atom is -0.494 e. The summed E-state index contributed by atoms with van der Waals surface area (Å²) in [5.74, 6) is -0.468. The normalized spacial score (nSPS) is 19.9. The van der Waals surface area contributed by atoms with E-state index in [2.05, 4.69) is 17.1 Å². The number of hydrogen-bond donors (Lipinski definition) is 2. The Labute approximate surface area is 202 Å². The summed E-state index contributed by atoms with van der Waals surface area (Å²) in [6.07, 6.45) is 2.94. The van der Waals surface area contributed by atoms with Gasteiger partial charge in [-0.2, -0.15) is 0 Å². The maximum Gasteiger partial charge on any atom is 0.228 e. The molecule has 2 N–H and O–H groups in total. The average molecular weight is 474 g/mol. The molecule has 0 spiro atoms. The van der Waals surface area contributed by atoms with Gasteiger partial charge in [-0.05, 0) is 55.0 Å². The third-order valence-electron chi connectivity index (χ3n) is 7.58. The maximum absolute atomic E-state index is 14.4. The second kappa shape index (κ2) is 8.64. The maximum atomic E-state index is 14.4. The number of nitrogens with zero attached hydrogens (tertiary/aromatic N) is 2. The molecular formula is C28H28FN3O3. The van der Waals surface area contributed by atoms with E-state index in [-0.39, 0.29) is 17.6 Å². The summed E-state index contributed by atoms with van der Waals surface area (Å²) in [6, 6.07) is 13.2. The Morgan fingerprint density at radius 1 is 1.26 bits per heavy atom. The molecule has 180 valence electrons. The SMILES string of the molecule is COc1ccc(Cc2nc3c(c4c2[nH]c2ccccc24)CCN(C(=O)[C@@H]2CCC[C@@H]2O)C3)cc1F. The molecule has 0 saturated heterocycles. The van der Waals surface area contributed by atoms with Crippen LogP contribution in [-0.2, 0) is 24.2 Å².